The molecule has 3 atom stereocenters. The lowest BCUT2D eigenvalue weighted by Gasteiger charge is -2.50. The van der Waals surface area contributed by atoms with Crippen LogP contribution in [0.25, 0.3) is 0 Å². The zero-order valence-electron chi connectivity index (χ0n) is 20.9. The summed E-state index contributed by atoms with van der Waals surface area (Å²) in [4.78, 5) is 8.43. The molecule has 1 saturated heterocycles. The van der Waals surface area contributed by atoms with E-state index in [1.807, 2.05) is 0 Å². The molecule has 1 aromatic heterocycles. The molecule has 3 unspecified atom stereocenters. The minimum absolute atomic E-state index is 0.142. The molecule has 5 rings (SSSR count). The lowest BCUT2D eigenvalue weighted by Crippen LogP contribution is -2.62. The first-order valence-corrected chi connectivity index (χ1v) is 13.1. The fourth-order valence-electron chi connectivity index (χ4n) is 6.67. The number of hydrogen-bond acceptors (Lipinski definition) is 7. The highest BCUT2D eigenvalue weighted by Gasteiger charge is 2.41. The number of methoxy groups -OCH3 is 1. The average Bonchev–Trinajstić information content (AvgIpc) is 3.25. The number of anilines is 1. The number of nitrogen functional groups attached to an aromatic ring is 1. The molecule has 0 bridgehead atoms. The van der Waals surface area contributed by atoms with E-state index in [0.717, 1.165) is 43.7 Å². The Morgan fingerprint density at radius 1 is 1.18 bits per heavy atom. The molecule has 3 heterocycles. The molecule has 33 heavy (non-hydrogen) atoms. The van der Waals surface area contributed by atoms with Crippen LogP contribution in [0, 0.1) is 11.8 Å². The predicted octanol–water partition coefficient (Wildman–Crippen LogP) is 4.14. The van der Waals surface area contributed by atoms with Crippen LogP contribution < -0.4 is 16.4 Å². The molecule has 0 aromatic carbocycles. The van der Waals surface area contributed by atoms with Gasteiger partial charge in [0.25, 0.3) is 0 Å². The van der Waals surface area contributed by atoms with Crippen molar-refractivity contribution in [1.82, 2.24) is 20.5 Å². The van der Waals surface area contributed by atoms with Crippen LogP contribution in [-0.4, -0.2) is 47.7 Å². The SMILES string of the molecule is COC1=CC2c3nc(N)sc3CC2C=C1C1CC=C(N(C)C2CC(C)(C)NC(C)(C)C2)NC1. The number of ether oxygens (including phenoxy) is 1. The van der Waals surface area contributed by atoms with E-state index < -0.39 is 0 Å². The number of nitrogens with two attached hydrogens (primary N) is 1. The van der Waals surface area contributed by atoms with Gasteiger partial charge >= 0.3 is 0 Å². The summed E-state index contributed by atoms with van der Waals surface area (Å²) in [5, 5.41) is 8.24. The third kappa shape index (κ3) is 4.30. The fourth-order valence-corrected chi connectivity index (χ4v) is 7.63. The molecular weight excluding hydrogens is 430 g/mol. The van der Waals surface area contributed by atoms with E-state index in [9.17, 15) is 0 Å². The van der Waals surface area contributed by atoms with E-state index >= 15 is 0 Å². The second kappa shape index (κ2) is 8.05. The van der Waals surface area contributed by atoms with Crippen molar-refractivity contribution in [2.45, 2.75) is 76.4 Å². The van der Waals surface area contributed by atoms with Crippen molar-refractivity contribution >= 4 is 16.5 Å². The van der Waals surface area contributed by atoms with Crippen LogP contribution in [0.3, 0.4) is 0 Å². The minimum atomic E-state index is 0.142. The maximum Gasteiger partial charge on any atom is 0.180 e. The normalized spacial score (nSPS) is 30.4. The Labute approximate surface area is 202 Å². The van der Waals surface area contributed by atoms with Gasteiger partial charge in [-0.3, -0.25) is 0 Å². The van der Waals surface area contributed by atoms with E-state index in [0.29, 0.717) is 28.9 Å². The maximum absolute atomic E-state index is 5.96. The Bertz CT molecular complexity index is 1000. The third-order valence-corrected chi connectivity index (χ3v) is 8.76. The molecule has 180 valence electrons. The Morgan fingerprint density at radius 3 is 2.55 bits per heavy atom. The van der Waals surface area contributed by atoms with Crippen LogP contribution in [0.15, 0.2) is 35.4 Å². The number of piperidine rings is 1. The first kappa shape index (κ1) is 22.8. The van der Waals surface area contributed by atoms with Crippen molar-refractivity contribution in [2.24, 2.45) is 11.8 Å². The summed E-state index contributed by atoms with van der Waals surface area (Å²) in [6.45, 7) is 10.2. The molecule has 6 nitrogen and oxygen atoms in total. The Morgan fingerprint density at radius 2 is 1.91 bits per heavy atom. The highest BCUT2D eigenvalue weighted by molar-refractivity contribution is 7.15. The molecule has 4 N–H and O–H groups in total. The van der Waals surface area contributed by atoms with Crippen molar-refractivity contribution < 1.29 is 4.74 Å². The van der Waals surface area contributed by atoms with Gasteiger partial charge in [-0.2, -0.15) is 0 Å². The highest BCUT2D eigenvalue weighted by Crippen LogP contribution is 2.48. The van der Waals surface area contributed by atoms with Crippen molar-refractivity contribution in [3.63, 3.8) is 0 Å². The highest BCUT2D eigenvalue weighted by atomic mass is 32.1. The van der Waals surface area contributed by atoms with Gasteiger partial charge in [-0.1, -0.05) is 6.08 Å². The zero-order chi connectivity index (χ0) is 23.5. The summed E-state index contributed by atoms with van der Waals surface area (Å²) in [6.07, 6.45) is 11.5. The molecule has 1 aromatic rings. The van der Waals surface area contributed by atoms with E-state index in [1.54, 1.807) is 18.4 Å². The second-order valence-electron chi connectivity index (χ2n) is 11.6. The lowest BCUT2D eigenvalue weighted by molar-refractivity contribution is 0.0935. The number of rotatable bonds is 4. The first-order valence-electron chi connectivity index (χ1n) is 12.2. The molecule has 0 amide bonds. The fraction of sp³-hybridized carbons (Fsp3) is 0.654. The topological polar surface area (TPSA) is 75.4 Å². The van der Waals surface area contributed by atoms with Crippen molar-refractivity contribution in [2.75, 3.05) is 26.4 Å². The monoisotopic (exact) mass is 469 g/mol. The number of thiazole rings is 1. The Hall–Kier alpha value is -1.99. The van der Waals surface area contributed by atoms with Crippen LogP contribution in [0.1, 0.15) is 63.4 Å². The maximum atomic E-state index is 5.96. The van der Waals surface area contributed by atoms with Gasteiger partial charge in [-0.25, -0.2) is 4.98 Å². The summed E-state index contributed by atoms with van der Waals surface area (Å²) in [7, 11) is 4.04. The van der Waals surface area contributed by atoms with Crippen molar-refractivity contribution in [3.8, 4) is 0 Å². The van der Waals surface area contributed by atoms with Crippen LogP contribution in [0.4, 0.5) is 5.13 Å². The van der Waals surface area contributed by atoms with Crippen LogP contribution >= 0.6 is 11.3 Å². The van der Waals surface area contributed by atoms with Crippen LogP contribution in [0.2, 0.25) is 0 Å². The third-order valence-electron chi connectivity index (χ3n) is 7.83. The summed E-state index contributed by atoms with van der Waals surface area (Å²) < 4.78 is 5.87. The van der Waals surface area contributed by atoms with E-state index in [2.05, 4.69) is 73.5 Å². The van der Waals surface area contributed by atoms with Gasteiger partial charge in [0, 0.05) is 47.4 Å². The predicted molar refractivity (Wildman–Crippen MR) is 136 cm³/mol. The Kier molecular flexibility index (Phi) is 5.56. The van der Waals surface area contributed by atoms with Gasteiger partial charge in [0.05, 0.1) is 18.6 Å². The summed E-state index contributed by atoms with van der Waals surface area (Å²) in [5.41, 5.74) is 8.75. The number of hydrogen-bond donors (Lipinski definition) is 3. The number of allylic oxidation sites excluding steroid dienone is 4. The van der Waals surface area contributed by atoms with Crippen molar-refractivity contribution in [1.29, 1.82) is 0 Å². The molecule has 0 radical (unpaired) electrons. The van der Waals surface area contributed by atoms with Gasteiger partial charge in [-0.15, -0.1) is 11.3 Å². The van der Waals surface area contributed by atoms with Gasteiger partial charge in [0.2, 0.25) is 0 Å². The van der Waals surface area contributed by atoms with Crippen LogP contribution in [-0.2, 0) is 11.2 Å². The van der Waals surface area contributed by atoms with Gasteiger partial charge in [0.15, 0.2) is 5.13 Å². The number of nitrogens with one attached hydrogen (secondary N) is 2. The lowest BCUT2D eigenvalue weighted by atomic mass is 9.79. The quantitative estimate of drug-likeness (QED) is 0.615. The summed E-state index contributed by atoms with van der Waals surface area (Å²) in [5.74, 6) is 3.47. The summed E-state index contributed by atoms with van der Waals surface area (Å²) >= 11 is 1.64. The van der Waals surface area contributed by atoms with Gasteiger partial charge in [-0.05, 0) is 77.0 Å². The molecule has 2 aliphatic carbocycles. The smallest absolute Gasteiger partial charge is 0.180 e. The average molecular weight is 470 g/mol. The largest absolute Gasteiger partial charge is 0.497 e. The molecule has 4 aliphatic rings. The van der Waals surface area contributed by atoms with Gasteiger partial charge in [0.1, 0.15) is 5.76 Å². The zero-order valence-corrected chi connectivity index (χ0v) is 21.7. The first-order chi connectivity index (χ1) is 15.5. The minimum Gasteiger partial charge on any atom is -0.497 e. The number of fused-ring (bicyclic) bond motifs is 3. The molecule has 0 saturated carbocycles. The van der Waals surface area contributed by atoms with Crippen LogP contribution in [0.5, 0.6) is 0 Å². The van der Waals surface area contributed by atoms with E-state index in [-0.39, 0.29) is 11.1 Å². The second-order valence-corrected chi connectivity index (χ2v) is 12.7. The molecular formula is C26H39N5OS. The number of aromatic nitrogens is 1. The molecule has 0 spiro atoms. The standard InChI is InChI=1S/C26H39N5OS/c1-25(2)12-17(13-26(3,4)30-25)31(5)22-8-7-15(14-28-22)18-9-16-10-21-23(29-24(27)33-21)19(16)11-20(18)32-6/h8-9,11,15-17,19,28,30H,7,10,12-14H2,1-6H3,(H2,27,29). The molecule has 1 fully saturated rings. The van der Waals surface area contributed by atoms with E-state index in [1.165, 1.54) is 16.3 Å². The van der Waals surface area contributed by atoms with Gasteiger partial charge < -0.3 is 26.0 Å². The Balaban J connectivity index is 1.30. The van der Waals surface area contributed by atoms with E-state index in [4.69, 9.17) is 10.5 Å². The number of nitrogens with zero attached hydrogens (tertiary/aromatic N) is 2. The summed E-state index contributed by atoms with van der Waals surface area (Å²) in [6, 6.07) is 0.521. The van der Waals surface area contributed by atoms with Crippen molar-refractivity contribution in [3.05, 3.63) is 46.0 Å². The molecule has 7 heteroatoms. The molecule has 2 aliphatic heterocycles.